The number of carbonyl (C=O) groups excluding carboxylic acids is 1. The van der Waals surface area contributed by atoms with Crippen molar-refractivity contribution in [3.05, 3.63) is 27.7 Å². The van der Waals surface area contributed by atoms with Gasteiger partial charge in [0.15, 0.2) is 6.29 Å². The van der Waals surface area contributed by atoms with Gasteiger partial charge in [0.05, 0.1) is 28.7 Å². The summed E-state index contributed by atoms with van der Waals surface area (Å²) in [6.07, 6.45) is 1.18. The van der Waals surface area contributed by atoms with Crippen LogP contribution in [0.4, 0.5) is 0 Å². The average molecular weight is 286 g/mol. The molecule has 0 aliphatic carbocycles. The van der Waals surface area contributed by atoms with E-state index in [1.54, 1.807) is 0 Å². The van der Waals surface area contributed by atoms with Crippen LogP contribution in [0.3, 0.4) is 0 Å². The highest BCUT2D eigenvalue weighted by atomic mass is 35.5. The fourth-order valence-electron chi connectivity index (χ4n) is 1.28. The minimum Gasteiger partial charge on any atom is -0.491 e. The zero-order valence-corrected chi connectivity index (χ0v) is 11.7. The molecular formula is C13H13Cl2NO2. The monoisotopic (exact) mass is 285 g/mol. The lowest BCUT2D eigenvalue weighted by Crippen LogP contribution is -2.13. The largest absolute Gasteiger partial charge is 0.491 e. The molecule has 1 aromatic carbocycles. The summed E-state index contributed by atoms with van der Waals surface area (Å²) in [6.45, 7) is 3.95. The van der Waals surface area contributed by atoms with E-state index in [1.165, 1.54) is 12.1 Å². The molecule has 96 valence electrons. The molecule has 18 heavy (non-hydrogen) atoms. The van der Waals surface area contributed by atoms with Gasteiger partial charge >= 0.3 is 0 Å². The standard InChI is InChI=1S/C13H13Cl2NO2/c1-13(2,8-16)3-4-18-12-9(7-17)5-10(14)6-11(12)15/h5-7H,3-4H2,1-2H3. The Morgan fingerprint density at radius 3 is 2.67 bits per heavy atom. The predicted octanol–water partition coefficient (Wildman–Crippen LogP) is 4.12. The van der Waals surface area contributed by atoms with E-state index in [2.05, 4.69) is 6.07 Å². The number of carbonyl (C=O) groups is 1. The molecule has 0 bridgehead atoms. The summed E-state index contributed by atoms with van der Waals surface area (Å²) in [5, 5.41) is 9.55. The molecule has 5 heteroatoms. The summed E-state index contributed by atoms with van der Waals surface area (Å²) < 4.78 is 5.48. The van der Waals surface area contributed by atoms with E-state index in [1.807, 2.05) is 13.8 Å². The third-order valence-electron chi connectivity index (χ3n) is 2.44. The quantitative estimate of drug-likeness (QED) is 0.765. The molecule has 0 fully saturated rings. The van der Waals surface area contributed by atoms with Gasteiger partial charge in [-0.3, -0.25) is 4.79 Å². The number of hydrogen-bond donors (Lipinski definition) is 0. The van der Waals surface area contributed by atoms with Crippen LogP contribution < -0.4 is 4.74 Å². The van der Waals surface area contributed by atoms with E-state index in [9.17, 15) is 4.79 Å². The minimum atomic E-state index is -0.472. The third kappa shape index (κ3) is 3.90. The van der Waals surface area contributed by atoms with Crippen molar-refractivity contribution in [1.82, 2.24) is 0 Å². The molecule has 0 aromatic heterocycles. The first-order valence-electron chi connectivity index (χ1n) is 5.38. The first kappa shape index (κ1) is 14.8. The van der Waals surface area contributed by atoms with Crippen LogP contribution in [-0.2, 0) is 0 Å². The van der Waals surface area contributed by atoms with Gasteiger partial charge in [-0.1, -0.05) is 23.2 Å². The molecule has 0 atom stereocenters. The molecule has 1 rings (SSSR count). The Hall–Kier alpha value is -1.24. The highest BCUT2D eigenvalue weighted by molar-refractivity contribution is 6.36. The Morgan fingerprint density at radius 1 is 1.44 bits per heavy atom. The fraction of sp³-hybridized carbons (Fsp3) is 0.385. The van der Waals surface area contributed by atoms with E-state index >= 15 is 0 Å². The summed E-state index contributed by atoms with van der Waals surface area (Å²) in [5.41, 5.74) is -0.164. The molecule has 0 amide bonds. The van der Waals surface area contributed by atoms with Crippen LogP contribution >= 0.6 is 23.2 Å². The summed E-state index contributed by atoms with van der Waals surface area (Å²) in [5.74, 6) is 0.310. The van der Waals surface area contributed by atoms with Crippen molar-refractivity contribution < 1.29 is 9.53 Å². The maximum Gasteiger partial charge on any atom is 0.153 e. The minimum absolute atomic E-state index is 0.291. The summed E-state index contributed by atoms with van der Waals surface area (Å²) in [4.78, 5) is 10.9. The normalized spacial score (nSPS) is 10.8. The molecule has 0 aliphatic rings. The lowest BCUT2D eigenvalue weighted by atomic mass is 9.92. The molecule has 0 N–H and O–H groups in total. The second-order valence-corrected chi connectivity index (χ2v) is 5.36. The molecule has 0 unspecified atom stereocenters. The summed E-state index contributed by atoms with van der Waals surface area (Å²) in [6, 6.07) is 5.18. The van der Waals surface area contributed by atoms with Crippen LogP contribution in [0.5, 0.6) is 5.75 Å². The predicted molar refractivity (Wildman–Crippen MR) is 71.4 cm³/mol. The second kappa shape index (κ2) is 6.08. The first-order chi connectivity index (χ1) is 8.39. The molecule has 0 saturated heterocycles. The van der Waals surface area contributed by atoms with E-state index < -0.39 is 5.41 Å². The number of rotatable bonds is 5. The third-order valence-corrected chi connectivity index (χ3v) is 2.94. The van der Waals surface area contributed by atoms with Gasteiger partial charge in [-0.2, -0.15) is 5.26 Å². The fourth-order valence-corrected chi connectivity index (χ4v) is 1.85. The van der Waals surface area contributed by atoms with Crippen LogP contribution in [0, 0.1) is 16.7 Å². The number of ether oxygens (including phenoxy) is 1. The molecule has 0 aliphatic heterocycles. The molecule has 0 spiro atoms. The van der Waals surface area contributed by atoms with Crippen molar-refractivity contribution in [3.63, 3.8) is 0 Å². The number of benzene rings is 1. The van der Waals surface area contributed by atoms with E-state index in [0.717, 1.165) is 0 Å². The summed E-state index contributed by atoms with van der Waals surface area (Å²) in [7, 11) is 0. The zero-order valence-electron chi connectivity index (χ0n) is 10.2. The zero-order chi connectivity index (χ0) is 13.8. The van der Waals surface area contributed by atoms with Gasteiger partial charge in [0.25, 0.3) is 0 Å². The van der Waals surface area contributed by atoms with Crippen molar-refractivity contribution in [1.29, 1.82) is 5.26 Å². The molecular weight excluding hydrogens is 273 g/mol. The second-order valence-electron chi connectivity index (χ2n) is 4.52. The van der Waals surface area contributed by atoms with Crippen molar-refractivity contribution in [2.45, 2.75) is 20.3 Å². The molecule has 3 nitrogen and oxygen atoms in total. The van der Waals surface area contributed by atoms with Gasteiger partial charge < -0.3 is 4.74 Å². The number of nitriles is 1. The lowest BCUT2D eigenvalue weighted by molar-refractivity contribution is 0.111. The van der Waals surface area contributed by atoms with Crippen LogP contribution in [0.15, 0.2) is 12.1 Å². The molecule has 0 heterocycles. The van der Waals surface area contributed by atoms with Gasteiger partial charge in [-0.05, 0) is 32.4 Å². The van der Waals surface area contributed by atoms with Crippen molar-refractivity contribution >= 4 is 29.5 Å². The van der Waals surface area contributed by atoms with Gasteiger partial charge in [0.2, 0.25) is 0 Å². The van der Waals surface area contributed by atoms with Crippen molar-refractivity contribution in [2.75, 3.05) is 6.61 Å². The van der Waals surface area contributed by atoms with Crippen molar-refractivity contribution in [2.24, 2.45) is 5.41 Å². The first-order valence-corrected chi connectivity index (χ1v) is 6.13. The summed E-state index contributed by atoms with van der Waals surface area (Å²) >= 11 is 11.8. The maximum absolute atomic E-state index is 10.9. The van der Waals surface area contributed by atoms with Crippen LogP contribution in [0.2, 0.25) is 10.0 Å². The molecule has 0 radical (unpaired) electrons. The number of nitrogens with zero attached hydrogens (tertiary/aromatic N) is 1. The molecule has 0 saturated carbocycles. The lowest BCUT2D eigenvalue weighted by Gasteiger charge is -2.16. The number of halogens is 2. The number of hydrogen-bond acceptors (Lipinski definition) is 3. The van der Waals surface area contributed by atoms with Crippen LogP contribution in [0.1, 0.15) is 30.6 Å². The topological polar surface area (TPSA) is 50.1 Å². The Bertz CT molecular complexity index is 492. The SMILES string of the molecule is CC(C)(C#N)CCOc1c(Cl)cc(Cl)cc1C=O. The van der Waals surface area contributed by atoms with Gasteiger partial charge in [-0.25, -0.2) is 0 Å². The molecule has 1 aromatic rings. The Kier molecular flexibility index (Phi) is 5.01. The Labute approximate surface area is 116 Å². The van der Waals surface area contributed by atoms with E-state index in [0.29, 0.717) is 40.7 Å². The van der Waals surface area contributed by atoms with Gasteiger partial charge in [0, 0.05) is 5.02 Å². The smallest absolute Gasteiger partial charge is 0.153 e. The Morgan fingerprint density at radius 2 is 2.11 bits per heavy atom. The highest BCUT2D eigenvalue weighted by Crippen LogP contribution is 2.32. The van der Waals surface area contributed by atoms with Crippen LogP contribution in [-0.4, -0.2) is 12.9 Å². The van der Waals surface area contributed by atoms with E-state index in [4.69, 9.17) is 33.2 Å². The average Bonchev–Trinajstić information content (AvgIpc) is 2.31. The van der Waals surface area contributed by atoms with E-state index in [-0.39, 0.29) is 0 Å². The van der Waals surface area contributed by atoms with Gasteiger partial charge in [0.1, 0.15) is 5.75 Å². The van der Waals surface area contributed by atoms with Crippen molar-refractivity contribution in [3.8, 4) is 11.8 Å². The van der Waals surface area contributed by atoms with Crippen LogP contribution in [0.25, 0.3) is 0 Å². The maximum atomic E-state index is 10.9. The van der Waals surface area contributed by atoms with Gasteiger partial charge in [-0.15, -0.1) is 0 Å². The highest BCUT2D eigenvalue weighted by Gasteiger charge is 2.17. The Balaban J connectivity index is 2.80. The number of aldehydes is 1.